The fraction of sp³-hybridized carbons (Fsp3) is 0.118. The molecule has 0 aromatic heterocycles. The summed E-state index contributed by atoms with van der Waals surface area (Å²) < 4.78 is 18.7. The molecule has 0 saturated carbocycles. The lowest BCUT2D eigenvalue weighted by atomic mass is 10.1. The molecule has 0 bridgehead atoms. The molecule has 0 heterocycles. The quantitative estimate of drug-likeness (QED) is 0.838. The molecule has 0 spiro atoms. The summed E-state index contributed by atoms with van der Waals surface area (Å²) in [5, 5.41) is 19.0. The van der Waals surface area contributed by atoms with E-state index in [1.54, 1.807) is 19.1 Å². The van der Waals surface area contributed by atoms with E-state index >= 15 is 0 Å². The largest absolute Gasteiger partial charge is 0.508 e. The number of methoxy groups -OCH3 is 1. The summed E-state index contributed by atoms with van der Waals surface area (Å²) in [6, 6.07) is 6.98. The van der Waals surface area contributed by atoms with Crippen LogP contribution in [0.1, 0.15) is 18.1 Å². The smallest absolute Gasteiger partial charge is 0.165 e. The summed E-state index contributed by atoms with van der Waals surface area (Å²) in [4.78, 5) is 4.38. The Hall–Kier alpha value is -2.82. The van der Waals surface area contributed by atoms with Crippen molar-refractivity contribution in [3.05, 3.63) is 53.9 Å². The lowest BCUT2D eigenvalue weighted by Crippen LogP contribution is -1.96. The first-order valence-corrected chi connectivity index (χ1v) is 6.54. The second-order valence-electron chi connectivity index (χ2n) is 4.65. The molecule has 0 amide bonds. The number of ether oxygens (including phenoxy) is 1. The monoisotopic (exact) mass is 301 g/mol. The van der Waals surface area contributed by atoms with Gasteiger partial charge >= 0.3 is 0 Å². The van der Waals surface area contributed by atoms with E-state index in [9.17, 15) is 14.6 Å². The molecule has 0 aliphatic heterocycles. The molecule has 0 unspecified atom stereocenters. The van der Waals surface area contributed by atoms with Gasteiger partial charge in [-0.05, 0) is 36.8 Å². The van der Waals surface area contributed by atoms with E-state index in [1.165, 1.54) is 31.4 Å². The number of aromatic hydroxyl groups is 2. The summed E-state index contributed by atoms with van der Waals surface area (Å²) in [6.07, 6.45) is 1.55. The van der Waals surface area contributed by atoms with Crippen molar-refractivity contribution in [2.75, 3.05) is 7.11 Å². The van der Waals surface area contributed by atoms with Gasteiger partial charge in [0.25, 0.3) is 0 Å². The summed E-state index contributed by atoms with van der Waals surface area (Å²) >= 11 is 0. The highest BCUT2D eigenvalue weighted by Gasteiger charge is 2.11. The third-order valence-corrected chi connectivity index (χ3v) is 3.16. The van der Waals surface area contributed by atoms with Gasteiger partial charge < -0.3 is 14.9 Å². The van der Waals surface area contributed by atoms with Gasteiger partial charge in [-0.25, -0.2) is 9.38 Å². The molecule has 0 aliphatic carbocycles. The van der Waals surface area contributed by atoms with Gasteiger partial charge in [0.2, 0.25) is 0 Å². The Bertz CT molecular complexity index is 754. The average Bonchev–Trinajstić information content (AvgIpc) is 2.49. The number of hydrogen-bond donors (Lipinski definition) is 2. The van der Waals surface area contributed by atoms with E-state index in [1.807, 2.05) is 0 Å². The SMILES string of the molecule is C=Cc1cc(O)cc(N=C(C)c2ccc(O)c(F)c2)c1OC. The summed E-state index contributed by atoms with van der Waals surface area (Å²) in [5.41, 5.74) is 2.04. The molecule has 4 nitrogen and oxygen atoms in total. The van der Waals surface area contributed by atoms with Crippen molar-refractivity contribution in [3.63, 3.8) is 0 Å². The average molecular weight is 301 g/mol. The predicted octanol–water partition coefficient (Wildman–Crippen LogP) is 4.03. The lowest BCUT2D eigenvalue weighted by molar-refractivity contribution is 0.413. The molecule has 114 valence electrons. The van der Waals surface area contributed by atoms with Gasteiger partial charge in [0, 0.05) is 17.3 Å². The van der Waals surface area contributed by atoms with E-state index in [0.717, 1.165) is 0 Å². The molecule has 22 heavy (non-hydrogen) atoms. The molecule has 0 fully saturated rings. The minimum absolute atomic E-state index is 0.0270. The van der Waals surface area contributed by atoms with Crippen LogP contribution in [0.5, 0.6) is 17.2 Å². The number of benzene rings is 2. The first-order chi connectivity index (χ1) is 10.5. The first-order valence-electron chi connectivity index (χ1n) is 6.54. The normalized spacial score (nSPS) is 11.3. The second kappa shape index (κ2) is 6.30. The standard InChI is InChI=1S/C17H16FNO3/c1-4-11-7-13(20)9-15(17(11)22-3)19-10(2)12-5-6-16(21)14(18)8-12/h4-9,20-21H,1H2,2-3H3. The molecular weight excluding hydrogens is 285 g/mol. The van der Waals surface area contributed by atoms with Crippen molar-refractivity contribution in [2.45, 2.75) is 6.92 Å². The zero-order chi connectivity index (χ0) is 16.3. The van der Waals surface area contributed by atoms with Crippen LogP contribution < -0.4 is 4.74 Å². The molecule has 2 aromatic rings. The van der Waals surface area contributed by atoms with Crippen LogP contribution >= 0.6 is 0 Å². The minimum atomic E-state index is -0.721. The third-order valence-electron chi connectivity index (χ3n) is 3.16. The van der Waals surface area contributed by atoms with Crippen LogP contribution in [0.3, 0.4) is 0 Å². The van der Waals surface area contributed by atoms with Crippen LogP contribution in [0.4, 0.5) is 10.1 Å². The molecule has 5 heteroatoms. The maximum absolute atomic E-state index is 13.4. The molecule has 0 saturated heterocycles. The Morgan fingerprint density at radius 1 is 1.27 bits per heavy atom. The highest BCUT2D eigenvalue weighted by molar-refractivity contribution is 6.00. The van der Waals surface area contributed by atoms with Gasteiger partial charge in [-0.1, -0.05) is 12.7 Å². The third kappa shape index (κ3) is 3.09. The summed E-state index contributed by atoms with van der Waals surface area (Å²) in [6.45, 7) is 5.36. The Labute approximate surface area is 127 Å². The van der Waals surface area contributed by atoms with Gasteiger partial charge in [0.05, 0.1) is 7.11 Å². The van der Waals surface area contributed by atoms with Gasteiger partial charge in [-0.3, -0.25) is 0 Å². The number of halogens is 1. The van der Waals surface area contributed by atoms with Crippen molar-refractivity contribution in [1.29, 1.82) is 0 Å². The van der Waals surface area contributed by atoms with Crippen LogP contribution in [0.15, 0.2) is 41.9 Å². The summed E-state index contributed by atoms with van der Waals surface area (Å²) in [5.74, 6) is -0.646. The van der Waals surface area contributed by atoms with Crippen LogP contribution in [0, 0.1) is 5.82 Å². The molecule has 2 aromatic carbocycles. The topological polar surface area (TPSA) is 62.1 Å². The number of phenols is 2. The number of rotatable bonds is 4. The Morgan fingerprint density at radius 3 is 2.59 bits per heavy atom. The van der Waals surface area contributed by atoms with Crippen molar-refractivity contribution in [2.24, 2.45) is 4.99 Å². The Morgan fingerprint density at radius 2 is 2.00 bits per heavy atom. The maximum Gasteiger partial charge on any atom is 0.165 e. The molecule has 0 atom stereocenters. The van der Waals surface area contributed by atoms with E-state index in [4.69, 9.17) is 4.74 Å². The second-order valence-corrected chi connectivity index (χ2v) is 4.65. The van der Waals surface area contributed by atoms with Gasteiger partial charge in [-0.15, -0.1) is 0 Å². The van der Waals surface area contributed by atoms with Gasteiger partial charge in [0.1, 0.15) is 11.4 Å². The molecule has 0 aliphatic rings. The van der Waals surface area contributed by atoms with Crippen molar-refractivity contribution < 1.29 is 19.3 Å². The molecule has 0 radical (unpaired) electrons. The van der Waals surface area contributed by atoms with Gasteiger partial charge in [-0.2, -0.15) is 0 Å². The van der Waals surface area contributed by atoms with Crippen molar-refractivity contribution >= 4 is 17.5 Å². The van der Waals surface area contributed by atoms with E-state index in [2.05, 4.69) is 11.6 Å². The number of aliphatic imine (C=N–C) groups is 1. The molecular formula is C17H16FNO3. The highest BCUT2D eigenvalue weighted by Crippen LogP contribution is 2.36. The van der Waals surface area contributed by atoms with Crippen molar-refractivity contribution in [1.82, 2.24) is 0 Å². The Kier molecular flexibility index (Phi) is 4.46. The number of hydrogen-bond acceptors (Lipinski definition) is 4. The number of nitrogens with zero attached hydrogens (tertiary/aromatic N) is 1. The summed E-state index contributed by atoms with van der Waals surface area (Å²) in [7, 11) is 1.49. The minimum Gasteiger partial charge on any atom is -0.508 e. The van der Waals surface area contributed by atoms with Crippen molar-refractivity contribution in [3.8, 4) is 17.2 Å². The van der Waals surface area contributed by atoms with Crippen LogP contribution in [-0.4, -0.2) is 23.0 Å². The van der Waals surface area contributed by atoms with E-state index in [0.29, 0.717) is 28.3 Å². The first kappa shape index (κ1) is 15.6. The molecule has 2 rings (SSSR count). The van der Waals surface area contributed by atoms with E-state index in [-0.39, 0.29) is 5.75 Å². The molecule has 2 N–H and O–H groups in total. The van der Waals surface area contributed by atoms with Crippen LogP contribution in [0.2, 0.25) is 0 Å². The van der Waals surface area contributed by atoms with Gasteiger partial charge in [0.15, 0.2) is 17.3 Å². The highest BCUT2D eigenvalue weighted by atomic mass is 19.1. The number of phenolic OH excluding ortho intramolecular Hbond substituents is 2. The zero-order valence-corrected chi connectivity index (χ0v) is 12.3. The van der Waals surface area contributed by atoms with Crippen LogP contribution in [-0.2, 0) is 0 Å². The zero-order valence-electron chi connectivity index (χ0n) is 12.3. The fourth-order valence-electron chi connectivity index (χ4n) is 2.05. The maximum atomic E-state index is 13.4. The predicted molar refractivity (Wildman–Crippen MR) is 84.7 cm³/mol. The fourth-order valence-corrected chi connectivity index (χ4v) is 2.05. The van der Waals surface area contributed by atoms with Crippen LogP contribution in [0.25, 0.3) is 6.08 Å². The lowest BCUT2D eigenvalue weighted by Gasteiger charge is -2.10. The Balaban J connectivity index is 2.53. The van der Waals surface area contributed by atoms with E-state index < -0.39 is 11.6 Å².